The number of benzene rings is 2. The summed E-state index contributed by atoms with van der Waals surface area (Å²) in [5.74, 6) is -0.00586. The lowest BCUT2D eigenvalue weighted by Crippen LogP contribution is -2.38. The average Bonchev–Trinajstić information content (AvgIpc) is 3.07. The highest BCUT2D eigenvalue weighted by Crippen LogP contribution is 2.32. The summed E-state index contributed by atoms with van der Waals surface area (Å²) >= 11 is 0. The number of aliphatic carboxylic acids is 1. The number of hydrogen-bond acceptors (Lipinski definition) is 8. The maximum atomic E-state index is 11.6. The number of aliphatic hydroxyl groups excluding tert-OH is 1. The lowest BCUT2D eigenvalue weighted by molar-refractivity contribution is -0.131. The molecule has 2 N–H and O–H groups in total. The second kappa shape index (κ2) is 21.8. The molecule has 0 heterocycles. The standard InChI is InChI=1S/C38H56O9/c1-8-29(25-46-27-45-20-19-42-5)21-28(2)35(47-26-31-15-17-33(43-6)18-16-31)23-34(44-7)24-36(39)38(3,4)32-13-9-11-30(22-32)12-10-14-37(40)41/h9-11,13-18,21-22,29,34-36,39H,8,12,19-20,23-27H2,1-7H3,(H,40,41)/b14-10+,28-21-/t29-,34-,35+,36+/m1/s1. The Hall–Kier alpha value is -3.05. The molecule has 2 aromatic rings. The molecule has 0 amide bonds. The van der Waals surface area contributed by atoms with Gasteiger partial charge in [0.25, 0.3) is 0 Å². The zero-order valence-electron chi connectivity index (χ0n) is 29.3. The minimum Gasteiger partial charge on any atom is -0.497 e. The Morgan fingerprint density at radius 3 is 2.36 bits per heavy atom. The van der Waals surface area contributed by atoms with Crippen LogP contribution in [-0.4, -0.2) is 82.4 Å². The maximum absolute atomic E-state index is 11.6. The van der Waals surface area contributed by atoms with Gasteiger partial charge in [-0.1, -0.05) is 69.3 Å². The number of carbonyl (C=O) groups is 1. The third-order valence-corrected chi connectivity index (χ3v) is 8.49. The Morgan fingerprint density at radius 2 is 1.72 bits per heavy atom. The molecule has 47 heavy (non-hydrogen) atoms. The Morgan fingerprint density at radius 1 is 0.979 bits per heavy atom. The number of carboxylic acid groups (broad SMARTS) is 1. The van der Waals surface area contributed by atoms with Crippen LogP contribution in [0.15, 0.2) is 72.3 Å². The third-order valence-electron chi connectivity index (χ3n) is 8.49. The SMILES string of the molecule is CC[C@H](/C=C(/C)[C@H](C[C@H](C[C@H](O)C(C)(C)c1cccc(C/C=C/C(=O)O)c1)OC)OCc1ccc(OC)cc1)COCOCCOC. The van der Waals surface area contributed by atoms with Crippen molar-refractivity contribution in [3.63, 3.8) is 0 Å². The number of ether oxygens (including phenoxy) is 6. The Kier molecular flexibility index (Phi) is 18.6. The first-order valence-corrected chi connectivity index (χ1v) is 16.3. The Balaban J connectivity index is 2.19. The van der Waals surface area contributed by atoms with Crippen molar-refractivity contribution in [1.29, 1.82) is 0 Å². The molecule has 0 fully saturated rings. The van der Waals surface area contributed by atoms with Gasteiger partial charge in [-0.25, -0.2) is 4.79 Å². The molecule has 0 aliphatic carbocycles. The van der Waals surface area contributed by atoms with Gasteiger partial charge in [0.2, 0.25) is 0 Å². The van der Waals surface area contributed by atoms with Gasteiger partial charge in [-0.15, -0.1) is 0 Å². The first kappa shape index (κ1) is 40.1. The highest BCUT2D eigenvalue weighted by molar-refractivity contribution is 5.79. The second-order valence-corrected chi connectivity index (χ2v) is 12.3. The lowest BCUT2D eigenvalue weighted by atomic mass is 9.76. The number of rotatable bonds is 24. The van der Waals surface area contributed by atoms with E-state index in [4.69, 9.17) is 33.5 Å². The molecular formula is C38H56O9. The third kappa shape index (κ3) is 14.7. The van der Waals surface area contributed by atoms with Crippen LogP contribution in [0.1, 0.15) is 63.6 Å². The summed E-state index contributed by atoms with van der Waals surface area (Å²) in [6, 6.07) is 15.8. The number of allylic oxidation sites excluding steroid dienone is 1. The highest BCUT2D eigenvalue weighted by Gasteiger charge is 2.33. The first-order valence-electron chi connectivity index (χ1n) is 16.3. The van der Waals surface area contributed by atoms with Crippen LogP contribution in [0.3, 0.4) is 0 Å². The minimum absolute atomic E-state index is 0.177. The molecule has 0 radical (unpaired) electrons. The van der Waals surface area contributed by atoms with Crippen molar-refractivity contribution in [2.75, 3.05) is 47.9 Å². The lowest BCUT2D eigenvalue weighted by Gasteiger charge is -2.34. The molecule has 0 bridgehead atoms. The first-order chi connectivity index (χ1) is 22.5. The fraction of sp³-hybridized carbons (Fsp3) is 0.553. The number of methoxy groups -OCH3 is 3. The van der Waals surface area contributed by atoms with Crippen LogP contribution < -0.4 is 4.74 Å². The second-order valence-electron chi connectivity index (χ2n) is 12.3. The Bertz CT molecular complexity index is 1220. The van der Waals surface area contributed by atoms with Crippen molar-refractivity contribution in [2.45, 2.75) is 83.7 Å². The normalized spacial score (nSPS) is 15.0. The summed E-state index contributed by atoms with van der Waals surface area (Å²) in [7, 11) is 4.96. The van der Waals surface area contributed by atoms with E-state index in [1.54, 1.807) is 27.4 Å². The highest BCUT2D eigenvalue weighted by atomic mass is 16.7. The van der Waals surface area contributed by atoms with Crippen LogP contribution in [0.4, 0.5) is 0 Å². The largest absolute Gasteiger partial charge is 0.497 e. The van der Waals surface area contributed by atoms with Gasteiger partial charge in [-0.05, 0) is 54.2 Å². The summed E-state index contributed by atoms with van der Waals surface area (Å²) < 4.78 is 34.0. The van der Waals surface area contributed by atoms with Crippen LogP contribution in [0, 0.1) is 5.92 Å². The minimum atomic E-state index is -0.972. The quantitative estimate of drug-likeness (QED) is 0.0565. The number of carboxylic acids is 1. The summed E-state index contributed by atoms with van der Waals surface area (Å²) in [6.45, 7) is 10.4. The van der Waals surface area contributed by atoms with Crippen LogP contribution in [-0.2, 0) is 46.9 Å². The molecule has 0 spiro atoms. The molecule has 4 atom stereocenters. The van der Waals surface area contributed by atoms with Crippen molar-refractivity contribution < 1.29 is 43.4 Å². The van der Waals surface area contributed by atoms with E-state index in [1.165, 1.54) is 0 Å². The number of aliphatic hydroxyl groups is 1. The van der Waals surface area contributed by atoms with Gasteiger partial charge in [0.1, 0.15) is 12.5 Å². The molecule has 262 valence electrons. The molecule has 0 unspecified atom stereocenters. The summed E-state index contributed by atoms with van der Waals surface area (Å²) in [5.41, 5.74) is 3.48. The van der Waals surface area contributed by atoms with Gasteiger partial charge in [-0.2, -0.15) is 0 Å². The maximum Gasteiger partial charge on any atom is 0.327 e. The summed E-state index contributed by atoms with van der Waals surface area (Å²) in [5, 5.41) is 20.5. The molecule has 2 rings (SSSR count). The van der Waals surface area contributed by atoms with Crippen LogP contribution in [0.25, 0.3) is 0 Å². The van der Waals surface area contributed by atoms with Gasteiger partial charge in [0.05, 0.1) is 51.8 Å². The molecule has 9 nitrogen and oxygen atoms in total. The fourth-order valence-corrected chi connectivity index (χ4v) is 5.18. The van der Waals surface area contributed by atoms with Crippen molar-refractivity contribution >= 4 is 5.97 Å². The van der Waals surface area contributed by atoms with E-state index in [0.717, 1.165) is 40.5 Å². The Labute approximate surface area is 281 Å². The van der Waals surface area contributed by atoms with Gasteiger partial charge in [-0.3, -0.25) is 0 Å². The average molecular weight is 657 g/mol. The number of hydrogen-bond donors (Lipinski definition) is 2. The molecule has 0 saturated heterocycles. The zero-order valence-corrected chi connectivity index (χ0v) is 29.3. The zero-order chi connectivity index (χ0) is 34.7. The van der Waals surface area contributed by atoms with Gasteiger partial charge >= 0.3 is 5.97 Å². The molecule has 0 aliphatic rings. The van der Waals surface area contributed by atoms with Crippen molar-refractivity contribution in [3.8, 4) is 5.75 Å². The van der Waals surface area contributed by atoms with Gasteiger partial charge in [0.15, 0.2) is 0 Å². The van der Waals surface area contributed by atoms with E-state index in [9.17, 15) is 9.90 Å². The topological polar surface area (TPSA) is 113 Å². The smallest absolute Gasteiger partial charge is 0.327 e. The van der Waals surface area contributed by atoms with Gasteiger partial charge in [0, 0.05) is 44.5 Å². The van der Waals surface area contributed by atoms with Gasteiger partial charge < -0.3 is 38.6 Å². The predicted molar refractivity (Wildman–Crippen MR) is 184 cm³/mol. The molecule has 0 aromatic heterocycles. The summed E-state index contributed by atoms with van der Waals surface area (Å²) in [4.78, 5) is 10.9. The van der Waals surface area contributed by atoms with Crippen LogP contribution >= 0.6 is 0 Å². The fourth-order valence-electron chi connectivity index (χ4n) is 5.18. The molecular weight excluding hydrogens is 600 g/mol. The molecule has 2 aromatic carbocycles. The van der Waals surface area contributed by atoms with Crippen LogP contribution in [0.2, 0.25) is 0 Å². The van der Waals surface area contributed by atoms with E-state index < -0.39 is 17.5 Å². The van der Waals surface area contributed by atoms with Crippen LogP contribution in [0.5, 0.6) is 5.75 Å². The van der Waals surface area contributed by atoms with E-state index in [-0.39, 0.29) is 24.9 Å². The van der Waals surface area contributed by atoms with Crippen molar-refractivity contribution in [2.24, 2.45) is 5.92 Å². The molecule has 0 aliphatic heterocycles. The summed E-state index contributed by atoms with van der Waals surface area (Å²) in [6.07, 6.45) is 6.09. The van der Waals surface area contributed by atoms with E-state index in [1.807, 2.05) is 62.4 Å². The van der Waals surface area contributed by atoms with Crippen molar-refractivity contribution in [3.05, 3.63) is 89.0 Å². The van der Waals surface area contributed by atoms with Crippen molar-refractivity contribution in [1.82, 2.24) is 0 Å². The predicted octanol–water partition coefficient (Wildman–Crippen LogP) is 6.51. The van der Waals surface area contributed by atoms with E-state index in [0.29, 0.717) is 45.7 Å². The monoisotopic (exact) mass is 656 g/mol. The molecule has 9 heteroatoms. The molecule has 0 saturated carbocycles. The van der Waals surface area contributed by atoms with E-state index >= 15 is 0 Å². The van der Waals surface area contributed by atoms with E-state index in [2.05, 4.69) is 19.9 Å².